The number of carbonyl (C=O) groups excluding carboxylic acids is 1. The largest absolute Gasteiger partial charge is 0.406 e. The van der Waals surface area contributed by atoms with Crippen LogP contribution < -0.4 is 5.32 Å². The molecule has 0 bridgehead atoms. The van der Waals surface area contributed by atoms with Gasteiger partial charge in [-0.25, -0.2) is 4.98 Å². The molecule has 1 amide bonds. The third kappa shape index (κ3) is 5.15. The molecule has 0 fully saturated rings. The Labute approximate surface area is 109 Å². The summed E-state index contributed by atoms with van der Waals surface area (Å²) < 4.78 is 36.6. The van der Waals surface area contributed by atoms with Gasteiger partial charge in [-0.1, -0.05) is 13.0 Å². The Morgan fingerprint density at radius 1 is 1.42 bits per heavy atom. The highest BCUT2D eigenvalue weighted by Gasteiger charge is 2.31. The summed E-state index contributed by atoms with van der Waals surface area (Å²) in [6, 6.07) is 4.64. The van der Waals surface area contributed by atoms with Crippen LogP contribution in [0, 0.1) is 0 Å². The van der Waals surface area contributed by atoms with Gasteiger partial charge >= 0.3 is 6.18 Å². The Morgan fingerprint density at radius 2 is 2.11 bits per heavy atom. The molecule has 0 saturated carbocycles. The lowest BCUT2D eigenvalue weighted by Crippen LogP contribution is -2.36. The first kappa shape index (κ1) is 15.3. The van der Waals surface area contributed by atoms with Crippen molar-refractivity contribution in [1.82, 2.24) is 9.88 Å². The van der Waals surface area contributed by atoms with Crippen molar-refractivity contribution in [2.45, 2.75) is 19.5 Å². The van der Waals surface area contributed by atoms with Gasteiger partial charge in [-0.2, -0.15) is 13.2 Å². The van der Waals surface area contributed by atoms with Crippen LogP contribution in [0.25, 0.3) is 0 Å². The lowest BCUT2D eigenvalue weighted by molar-refractivity contribution is -0.138. The fraction of sp³-hybridized carbons (Fsp3) is 0.500. The summed E-state index contributed by atoms with van der Waals surface area (Å²) in [5.41, 5.74) is -0.00662. The van der Waals surface area contributed by atoms with E-state index in [1.807, 2.05) is 6.92 Å². The van der Waals surface area contributed by atoms with Gasteiger partial charge in [0.05, 0.1) is 0 Å². The smallest absolute Gasteiger partial charge is 0.370 e. The Balaban J connectivity index is 2.76. The second-order valence-corrected chi connectivity index (χ2v) is 4.11. The number of hydrogen-bond acceptors (Lipinski definition) is 3. The number of nitrogens with one attached hydrogen (secondary N) is 1. The first-order valence-electron chi connectivity index (χ1n) is 5.86. The monoisotopic (exact) mass is 275 g/mol. The predicted octanol–water partition coefficient (Wildman–Crippen LogP) is 2.54. The normalized spacial score (nSPS) is 11.2. The lowest BCUT2D eigenvalue weighted by Gasteiger charge is -2.18. The molecule has 0 saturated heterocycles. The van der Waals surface area contributed by atoms with E-state index in [0.717, 1.165) is 13.5 Å². The number of halogens is 3. The van der Waals surface area contributed by atoms with Crippen molar-refractivity contribution < 1.29 is 18.0 Å². The molecular weight excluding hydrogens is 259 g/mol. The molecule has 19 heavy (non-hydrogen) atoms. The average molecular weight is 275 g/mol. The van der Waals surface area contributed by atoms with Crippen LogP contribution in [0.15, 0.2) is 18.2 Å². The van der Waals surface area contributed by atoms with Gasteiger partial charge in [-0.15, -0.1) is 0 Å². The van der Waals surface area contributed by atoms with Gasteiger partial charge in [0.15, 0.2) is 0 Å². The number of alkyl halides is 3. The Bertz CT molecular complexity index is 434. The minimum atomic E-state index is -4.41. The van der Waals surface area contributed by atoms with Crippen molar-refractivity contribution in [3.05, 3.63) is 23.9 Å². The van der Waals surface area contributed by atoms with E-state index >= 15 is 0 Å². The van der Waals surface area contributed by atoms with Gasteiger partial charge < -0.3 is 10.2 Å². The minimum Gasteiger partial charge on any atom is -0.370 e. The maximum Gasteiger partial charge on any atom is 0.406 e. The van der Waals surface area contributed by atoms with E-state index in [1.54, 1.807) is 12.1 Å². The molecule has 0 unspecified atom stereocenters. The summed E-state index contributed by atoms with van der Waals surface area (Å²) in [5, 5.41) is 2.97. The van der Waals surface area contributed by atoms with Gasteiger partial charge in [-0.3, -0.25) is 4.79 Å². The van der Waals surface area contributed by atoms with Gasteiger partial charge in [0.2, 0.25) is 0 Å². The second kappa shape index (κ2) is 6.40. The molecule has 106 valence electrons. The summed E-state index contributed by atoms with van der Waals surface area (Å²) in [6.45, 7) is 1.36. The van der Waals surface area contributed by atoms with Crippen LogP contribution in [0.3, 0.4) is 0 Å². The molecule has 0 radical (unpaired) electrons. The molecule has 4 nitrogen and oxygen atoms in total. The average Bonchev–Trinajstić information content (AvgIpc) is 2.33. The van der Waals surface area contributed by atoms with Crippen LogP contribution in [0.5, 0.6) is 0 Å². The number of aromatic nitrogens is 1. The third-order valence-electron chi connectivity index (χ3n) is 2.29. The van der Waals surface area contributed by atoms with Crippen LogP contribution in [0.4, 0.5) is 19.0 Å². The summed E-state index contributed by atoms with van der Waals surface area (Å²) >= 11 is 0. The number of amides is 1. The summed E-state index contributed by atoms with van der Waals surface area (Å²) in [7, 11) is 1.10. The van der Waals surface area contributed by atoms with E-state index < -0.39 is 18.6 Å². The second-order valence-electron chi connectivity index (χ2n) is 4.11. The maximum atomic E-state index is 12.2. The van der Waals surface area contributed by atoms with Gasteiger partial charge in [-0.05, 0) is 18.6 Å². The summed E-state index contributed by atoms with van der Waals surface area (Å²) in [4.78, 5) is 16.4. The third-order valence-corrected chi connectivity index (χ3v) is 2.29. The van der Waals surface area contributed by atoms with E-state index in [1.165, 1.54) is 6.07 Å². The molecular formula is C12H16F3N3O. The van der Waals surface area contributed by atoms with Crippen LogP contribution in [-0.4, -0.2) is 42.1 Å². The molecule has 1 aromatic heterocycles. The molecule has 0 aliphatic heterocycles. The van der Waals surface area contributed by atoms with Gasteiger partial charge in [0.1, 0.15) is 18.1 Å². The number of anilines is 1. The van der Waals surface area contributed by atoms with Crippen molar-refractivity contribution in [1.29, 1.82) is 0 Å². The molecule has 0 aliphatic carbocycles. The highest BCUT2D eigenvalue weighted by atomic mass is 19.4. The van der Waals surface area contributed by atoms with E-state index in [9.17, 15) is 18.0 Å². The van der Waals surface area contributed by atoms with E-state index in [0.29, 0.717) is 17.3 Å². The van der Waals surface area contributed by atoms with Crippen molar-refractivity contribution in [2.24, 2.45) is 0 Å². The van der Waals surface area contributed by atoms with Crippen LogP contribution >= 0.6 is 0 Å². The van der Waals surface area contributed by atoms with Crippen molar-refractivity contribution in [3.63, 3.8) is 0 Å². The number of pyridine rings is 1. The zero-order valence-corrected chi connectivity index (χ0v) is 10.8. The van der Waals surface area contributed by atoms with Crippen LogP contribution in [0.1, 0.15) is 23.8 Å². The topological polar surface area (TPSA) is 45.2 Å². The zero-order valence-electron chi connectivity index (χ0n) is 10.8. The highest BCUT2D eigenvalue weighted by Crippen LogP contribution is 2.17. The number of nitrogens with zero attached hydrogens (tertiary/aromatic N) is 2. The summed E-state index contributed by atoms with van der Waals surface area (Å²) in [5.74, 6) is -0.273. The highest BCUT2D eigenvalue weighted by molar-refractivity contribution is 5.92. The molecule has 0 atom stereocenters. The molecule has 0 spiro atoms. The Morgan fingerprint density at radius 3 is 2.68 bits per heavy atom. The number of carbonyl (C=O) groups is 1. The molecule has 1 aromatic rings. The minimum absolute atomic E-state index is 0.00662. The quantitative estimate of drug-likeness (QED) is 0.898. The fourth-order valence-corrected chi connectivity index (χ4v) is 1.44. The van der Waals surface area contributed by atoms with Gasteiger partial charge in [0.25, 0.3) is 5.91 Å². The molecule has 1 heterocycles. The first-order valence-corrected chi connectivity index (χ1v) is 5.86. The molecule has 0 aliphatic rings. The van der Waals surface area contributed by atoms with E-state index in [4.69, 9.17) is 0 Å². The van der Waals surface area contributed by atoms with Crippen LogP contribution in [-0.2, 0) is 0 Å². The molecule has 1 rings (SSSR count). The lowest BCUT2D eigenvalue weighted by atomic mass is 10.3. The first-order chi connectivity index (χ1) is 8.83. The molecule has 7 heteroatoms. The summed E-state index contributed by atoms with van der Waals surface area (Å²) in [6.07, 6.45) is -3.53. The Hall–Kier alpha value is -1.79. The number of hydrogen-bond donors (Lipinski definition) is 1. The van der Waals surface area contributed by atoms with E-state index in [-0.39, 0.29) is 5.69 Å². The zero-order chi connectivity index (χ0) is 14.5. The Kier molecular flexibility index (Phi) is 5.14. The SMILES string of the molecule is CCCNc1cccc(C(=O)N(C)CC(F)(F)F)n1. The van der Waals surface area contributed by atoms with E-state index in [2.05, 4.69) is 10.3 Å². The maximum absolute atomic E-state index is 12.2. The number of rotatable bonds is 5. The van der Waals surface area contributed by atoms with Crippen molar-refractivity contribution in [2.75, 3.05) is 25.5 Å². The van der Waals surface area contributed by atoms with Gasteiger partial charge in [0, 0.05) is 13.6 Å². The standard InChI is InChI=1S/C12H16F3N3O/c1-3-7-16-10-6-4-5-9(17-10)11(19)18(2)8-12(13,14)15/h4-6H,3,7-8H2,1-2H3,(H,16,17). The molecule has 0 aromatic carbocycles. The fourth-order valence-electron chi connectivity index (χ4n) is 1.44. The predicted molar refractivity (Wildman–Crippen MR) is 66.0 cm³/mol. The van der Waals surface area contributed by atoms with Crippen molar-refractivity contribution >= 4 is 11.7 Å². The van der Waals surface area contributed by atoms with Crippen molar-refractivity contribution in [3.8, 4) is 0 Å². The molecule has 1 N–H and O–H groups in total. The van der Waals surface area contributed by atoms with Crippen LogP contribution in [0.2, 0.25) is 0 Å².